The van der Waals surface area contributed by atoms with Crippen molar-refractivity contribution >= 4 is 0 Å². The molecule has 2 nitrogen and oxygen atoms in total. The van der Waals surface area contributed by atoms with Crippen LogP contribution in [0.15, 0.2) is 12.7 Å². The Morgan fingerprint density at radius 1 is 1.13 bits per heavy atom. The summed E-state index contributed by atoms with van der Waals surface area (Å²) in [5.41, 5.74) is 4.12. The fourth-order valence-corrected chi connectivity index (χ4v) is 5.04. The molecule has 4 saturated carbocycles. The fraction of sp³-hybridized carbons (Fsp3) is 0.846. The van der Waals surface area contributed by atoms with Gasteiger partial charge in [-0.05, 0) is 55.8 Å². The Labute approximate surface area is 91.7 Å². The minimum absolute atomic E-state index is 0.432. The van der Waals surface area contributed by atoms with Crippen molar-refractivity contribution in [2.45, 2.75) is 37.8 Å². The molecule has 1 heterocycles. The van der Waals surface area contributed by atoms with Crippen molar-refractivity contribution in [2.24, 2.45) is 23.7 Å². The Morgan fingerprint density at radius 2 is 1.73 bits per heavy atom. The molecule has 15 heavy (non-hydrogen) atoms. The van der Waals surface area contributed by atoms with Gasteiger partial charge in [0, 0.05) is 6.54 Å². The van der Waals surface area contributed by atoms with Gasteiger partial charge in [-0.2, -0.15) is 0 Å². The zero-order valence-electron chi connectivity index (χ0n) is 9.28. The molecule has 0 amide bonds. The third-order valence-corrected chi connectivity index (χ3v) is 5.41. The van der Waals surface area contributed by atoms with Crippen LogP contribution < -0.4 is 5.43 Å². The van der Waals surface area contributed by atoms with E-state index in [1.165, 1.54) is 25.7 Å². The minimum atomic E-state index is 0.432. The highest BCUT2D eigenvalue weighted by Gasteiger charge is 2.67. The van der Waals surface area contributed by atoms with E-state index in [9.17, 15) is 0 Å². The molecule has 4 aliphatic carbocycles. The summed E-state index contributed by atoms with van der Waals surface area (Å²) in [4.78, 5) is 0. The number of hydrogen-bond donors (Lipinski definition) is 1. The Hall–Kier alpha value is -0.340. The van der Waals surface area contributed by atoms with E-state index in [0.29, 0.717) is 5.66 Å². The normalized spacial score (nSPS) is 59.9. The summed E-state index contributed by atoms with van der Waals surface area (Å²) < 4.78 is 0. The number of rotatable bonds is 2. The van der Waals surface area contributed by atoms with Crippen LogP contribution in [0.4, 0.5) is 0 Å². The van der Waals surface area contributed by atoms with Gasteiger partial charge in [-0.3, -0.25) is 0 Å². The van der Waals surface area contributed by atoms with Crippen LogP contribution in [0.2, 0.25) is 0 Å². The van der Waals surface area contributed by atoms with Crippen molar-refractivity contribution < 1.29 is 0 Å². The molecule has 1 N–H and O–H groups in total. The van der Waals surface area contributed by atoms with Crippen LogP contribution in [0.25, 0.3) is 0 Å². The van der Waals surface area contributed by atoms with Crippen LogP contribution in [0.3, 0.4) is 0 Å². The molecule has 1 atom stereocenters. The Bertz CT molecular complexity index is 282. The average molecular weight is 204 g/mol. The SMILES string of the molecule is C=CCN1NC12C1CC3CC(C1)CC2C3. The molecule has 0 radical (unpaired) electrons. The van der Waals surface area contributed by atoms with Gasteiger partial charge in [-0.25, -0.2) is 10.4 Å². The average Bonchev–Trinajstić information content (AvgIpc) is 2.90. The van der Waals surface area contributed by atoms with E-state index in [2.05, 4.69) is 17.0 Å². The highest BCUT2D eigenvalue weighted by molar-refractivity contribution is 5.16. The fourth-order valence-electron chi connectivity index (χ4n) is 5.04. The molecule has 0 aromatic heterocycles. The molecule has 1 unspecified atom stereocenters. The van der Waals surface area contributed by atoms with E-state index < -0.39 is 0 Å². The lowest BCUT2D eigenvalue weighted by Gasteiger charge is -2.54. The van der Waals surface area contributed by atoms with Gasteiger partial charge in [0.05, 0.1) is 0 Å². The zero-order chi connectivity index (χ0) is 10.0. The first-order chi connectivity index (χ1) is 7.33. The second-order valence-electron chi connectivity index (χ2n) is 6.14. The number of hydrazine groups is 1. The molecule has 5 fully saturated rings. The number of hydrogen-bond acceptors (Lipinski definition) is 2. The van der Waals surface area contributed by atoms with Crippen LogP contribution in [0, 0.1) is 23.7 Å². The highest BCUT2D eigenvalue weighted by atomic mass is 15.8. The Kier molecular flexibility index (Phi) is 1.56. The zero-order valence-corrected chi connectivity index (χ0v) is 9.28. The van der Waals surface area contributed by atoms with E-state index in [1.54, 1.807) is 6.42 Å². The van der Waals surface area contributed by atoms with Crippen molar-refractivity contribution in [1.29, 1.82) is 0 Å². The van der Waals surface area contributed by atoms with Crippen LogP contribution in [-0.4, -0.2) is 17.2 Å². The summed E-state index contributed by atoms with van der Waals surface area (Å²) in [6, 6.07) is 0. The molecule has 1 aliphatic heterocycles. The standard InChI is InChI=1S/C13H20N2/c1-2-3-15-13(14-15)11-5-9-4-10(7-11)8-12(13)6-9/h2,9-12,14H,1,3-8H2. The molecule has 82 valence electrons. The van der Waals surface area contributed by atoms with Crippen LogP contribution >= 0.6 is 0 Å². The van der Waals surface area contributed by atoms with Crippen LogP contribution in [0.1, 0.15) is 32.1 Å². The van der Waals surface area contributed by atoms with E-state index in [1.807, 2.05) is 6.08 Å². The first-order valence-corrected chi connectivity index (χ1v) is 6.49. The molecule has 5 rings (SSSR count). The first kappa shape index (κ1) is 8.77. The van der Waals surface area contributed by atoms with Gasteiger partial charge in [-0.15, -0.1) is 6.58 Å². The van der Waals surface area contributed by atoms with E-state index in [-0.39, 0.29) is 0 Å². The van der Waals surface area contributed by atoms with Gasteiger partial charge in [-0.1, -0.05) is 6.08 Å². The number of nitrogens with one attached hydrogen (secondary N) is 1. The largest absolute Gasteiger partial charge is 0.231 e. The van der Waals surface area contributed by atoms with Gasteiger partial charge >= 0.3 is 0 Å². The quantitative estimate of drug-likeness (QED) is 0.550. The number of nitrogens with zero attached hydrogens (tertiary/aromatic N) is 1. The van der Waals surface area contributed by atoms with Gasteiger partial charge < -0.3 is 0 Å². The summed E-state index contributed by atoms with van der Waals surface area (Å²) in [5, 5.41) is 2.47. The van der Waals surface area contributed by atoms with E-state index >= 15 is 0 Å². The highest BCUT2D eigenvalue weighted by Crippen LogP contribution is 2.62. The van der Waals surface area contributed by atoms with Gasteiger partial charge in [0.1, 0.15) is 5.66 Å². The summed E-state index contributed by atoms with van der Waals surface area (Å²) in [7, 11) is 0. The summed E-state index contributed by atoms with van der Waals surface area (Å²) in [5.74, 6) is 4.06. The Morgan fingerprint density at radius 3 is 2.27 bits per heavy atom. The lowest BCUT2D eigenvalue weighted by atomic mass is 9.52. The summed E-state index contributed by atoms with van der Waals surface area (Å²) >= 11 is 0. The van der Waals surface area contributed by atoms with Crippen LogP contribution in [0.5, 0.6) is 0 Å². The molecular weight excluding hydrogens is 184 g/mol. The maximum absolute atomic E-state index is 3.85. The third-order valence-electron chi connectivity index (χ3n) is 5.41. The van der Waals surface area contributed by atoms with Crippen molar-refractivity contribution in [3.8, 4) is 0 Å². The molecule has 4 bridgehead atoms. The van der Waals surface area contributed by atoms with Gasteiger partial charge in [0.2, 0.25) is 0 Å². The maximum atomic E-state index is 3.85. The predicted octanol–water partition coefficient (Wildman–Crippen LogP) is 2.15. The van der Waals surface area contributed by atoms with Crippen LogP contribution in [-0.2, 0) is 0 Å². The molecule has 5 aliphatic rings. The predicted molar refractivity (Wildman–Crippen MR) is 59.8 cm³/mol. The summed E-state index contributed by atoms with van der Waals surface area (Å²) in [6.45, 7) is 4.88. The van der Waals surface area contributed by atoms with E-state index in [4.69, 9.17) is 0 Å². The Balaban J connectivity index is 1.64. The lowest BCUT2D eigenvalue weighted by Crippen LogP contribution is -2.53. The third kappa shape index (κ3) is 0.974. The smallest absolute Gasteiger partial charge is 0.103 e. The second kappa shape index (κ2) is 2.67. The molecule has 2 heteroatoms. The van der Waals surface area contributed by atoms with Crippen molar-refractivity contribution in [3.63, 3.8) is 0 Å². The lowest BCUT2D eigenvalue weighted by molar-refractivity contribution is -0.0352. The molecule has 1 spiro atoms. The monoisotopic (exact) mass is 204 g/mol. The van der Waals surface area contributed by atoms with Crippen molar-refractivity contribution in [2.75, 3.05) is 6.54 Å². The second-order valence-corrected chi connectivity index (χ2v) is 6.14. The van der Waals surface area contributed by atoms with E-state index in [0.717, 1.165) is 30.2 Å². The van der Waals surface area contributed by atoms with Gasteiger partial charge in [0.15, 0.2) is 0 Å². The van der Waals surface area contributed by atoms with Gasteiger partial charge in [0.25, 0.3) is 0 Å². The minimum Gasteiger partial charge on any atom is -0.231 e. The molecule has 0 aromatic rings. The topological polar surface area (TPSA) is 25.0 Å². The maximum Gasteiger partial charge on any atom is 0.103 e. The molecule has 1 saturated heterocycles. The van der Waals surface area contributed by atoms with Crippen molar-refractivity contribution in [3.05, 3.63) is 12.7 Å². The molecule has 0 aromatic carbocycles. The summed E-state index contributed by atoms with van der Waals surface area (Å²) in [6.07, 6.45) is 9.56. The first-order valence-electron chi connectivity index (χ1n) is 6.49. The molecular formula is C13H20N2. The van der Waals surface area contributed by atoms with Crippen molar-refractivity contribution in [1.82, 2.24) is 10.4 Å².